The number of carbonyl (C=O) groups excluding carboxylic acids is 1. The van der Waals surface area contributed by atoms with Crippen LogP contribution in [0.1, 0.15) is 38.5 Å². The highest BCUT2D eigenvalue weighted by Gasteiger charge is 2.29. The average Bonchev–Trinajstić information content (AvgIpc) is 3.44. The van der Waals surface area contributed by atoms with Crippen LogP contribution in [0.3, 0.4) is 0 Å². The maximum absolute atomic E-state index is 12.7. The molecule has 0 saturated carbocycles. The fourth-order valence-electron chi connectivity index (χ4n) is 3.88. The van der Waals surface area contributed by atoms with Crippen LogP contribution in [0.25, 0.3) is 11.4 Å². The summed E-state index contributed by atoms with van der Waals surface area (Å²) in [4.78, 5) is 23.9. The first-order valence-corrected chi connectivity index (χ1v) is 10.2. The predicted octanol–water partition coefficient (Wildman–Crippen LogP) is 2.21. The van der Waals surface area contributed by atoms with E-state index >= 15 is 0 Å². The molecule has 1 N–H and O–H groups in total. The Morgan fingerprint density at radius 1 is 1.36 bits per heavy atom. The fraction of sp³-hybridized carbons (Fsp3) is 0.600. The van der Waals surface area contributed by atoms with Crippen molar-refractivity contribution in [3.05, 3.63) is 24.2 Å². The van der Waals surface area contributed by atoms with Crippen LogP contribution in [0.4, 0.5) is 5.82 Å². The van der Waals surface area contributed by atoms with Crippen molar-refractivity contribution in [1.82, 2.24) is 20.4 Å². The van der Waals surface area contributed by atoms with Crippen LogP contribution >= 0.6 is 0 Å². The zero-order valence-corrected chi connectivity index (χ0v) is 16.3. The van der Waals surface area contributed by atoms with Crippen molar-refractivity contribution in [2.24, 2.45) is 5.92 Å². The highest BCUT2D eigenvalue weighted by molar-refractivity contribution is 5.80. The summed E-state index contributed by atoms with van der Waals surface area (Å²) < 4.78 is 10.9. The molecule has 2 aliphatic heterocycles. The van der Waals surface area contributed by atoms with Crippen LogP contribution in [0, 0.1) is 5.92 Å². The summed E-state index contributed by atoms with van der Waals surface area (Å²) in [6, 6.07) is 3.82. The standard InChI is InChI=1S/C20H27N5O3/c1-2-17-23-18(24-28-17)16-8-3-9-21-19(16)25-10-4-6-14(13-25)20(26)22-12-15-7-5-11-27-15/h3,8-9,14-15H,2,4-7,10-13H2,1H3,(H,22,26)/t14-,15+/m0/s1. The second kappa shape index (κ2) is 8.68. The molecule has 2 aromatic heterocycles. The molecule has 28 heavy (non-hydrogen) atoms. The Morgan fingerprint density at radius 2 is 2.29 bits per heavy atom. The summed E-state index contributed by atoms with van der Waals surface area (Å²) in [5.41, 5.74) is 0.839. The van der Waals surface area contributed by atoms with Gasteiger partial charge in [0.15, 0.2) is 0 Å². The third-order valence-electron chi connectivity index (χ3n) is 5.42. The molecule has 0 aliphatic carbocycles. The summed E-state index contributed by atoms with van der Waals surface area (Å²) >= 11 is 0. The normalized spacial score (nSPS) is 22.4. The maximum Gasteiger partial charge on any atom is 0.226 e. The minimum absolute atomic E-state index is 0.0542. The molecule has 2 aromatic rings. The van der Waals surface area contributed by atoms with Crippen molar-refractivity contribution in [1.29, 1.82) is 0 Å². The Bertz CT molecular complexity index is 803. The molecule has 8 heteroatoms. The third kappa shape index (κ3) is 4.16. The van der Waals surface area contributed by atoms with Gasteiger partial charge in [-0.15, -0.1) is 0 Å². The van der Waals surface area contributed by atoms with E-state index in [9.17, 15) is 4.79 Å². The van der Waals surface area contributed by atoms with E-state index in [2.05, 4.69) is 25.3 Å². The van der Waals surface area contributed by atoms with Gasteiger partial charge < -0.3 is 19.5 Å². The Balaban J connectivity index is 1.45. The van der Waals surface area contributed by atoms with Gasteiger partial charge in [0.1, 0.15) is 5.82 Å². The number of carbonyl (C=O) groups is 1. The molecular formula is C20H27N5O3. The summed E-state index contributed by atoms with van der Waals surface area (Å²) in [6.45, 7) is 4.88. The average molecular weight is 385 g/mol. The number of aromatic nitrogens is 3. The SMILES string of the molecule is CCc1nc(-c2cccnc2N2CCC[C@H](C(=O)NC[C@H]3CCCO3)C2)no1. The molecule has 0 bridgehead atoms. The predicted molar refractivity (Wildman–Crippen MR) is 104 cm³/mol. The number of anilines is 1. The second-order valence-corrected chi connectivity index (χ2v) is 7.41. The van der Waals surface area contributed by atoms with Crippen molar-refractivity contribution in [2.45, 2.75) is 45.1 Å². The Hall–Kier alpha value is -2.48. The molecule has 2 aliphatic rings. The van der Waals surface area contributed by atoms with Crippen molar-refractivity contribution in [3.8, 4) is 11.4 Å². The van der Waals surface area contributed by atoms with Gasteiger partial charge in [0.2, 0.25) is 17.6 Å². The largest absolute Gasteiger partial charge is 0.376 e. The monoisotopic (exact) mass is 385 g/mol. The maximum atomic E-state index is 12.7. The zero-order valence-electron chi connectivity index (χ0n) is 16.3. The molecule has 0 unspecified atom stereocenters. The lowest BCUT2D eigenvalue weighted by atomic mass is 9.96. The molecule has 4 heterocycles. The van der Waals surface area contributed by atoms with Gasteiger partial charge in [-0.05, 0) is 37.8 Å². The van der Waals surface area contributed by atoms with E-state index in [0.29, 0.717) is 31.2 Å². The first-order valence-electron chi connectivity index (χ1n) is 10.2. The lowest BCUT2D eigenvalue weighted by Crippen LogP contribution is -2.45. The van der Waals surface area contributed by atoms with Crippen molar-refractivity contribution >= 4 is 11.7 Å². The van der Waals surface area contributed by atoms with Gasteiger partial charge in [-0.25, -0.2) is 4.98 Å². The van der Waals surface area contributed by atoms with Gasteiger partial charge in [-0.3, -0.25) is 4.79 Å². The Kier molecular flexibility index (Phi) is 5.85. The molecule has 0 spiro atoms. The molecular weight excluding hydrogens is 358 g/mol. The molecule has 1 amide bonds. The molecule has 150 valence electrons. The molecule has 0 radical (unpaired) electrons. The number of rotatable bonds is 6. The summed E-state index contributed by atoms with van der Waals surface area (Å²) in [5, 5.41) is 7.17. The third-order valence-corrected chi connectivity index (χ3v) is 5.42. The number of amides is 1. The number of hydrogen-bond donors (Lipinski definition) is 1. The number of ether oxygens (including phenoxy) is 1. The fourth-order valence-corrected chi connectivity index (χ4v) is 3.88. The minimum atomic E-state index is -0.0542. The first-order chi connectivity index (χ1) is 13.7. The number of hydrogen-bond acceptors (Lipinski definition) is 7. The van der Waals surface area contributed by atoms with Crippen LogP contribution in [0.5, 0.6) is 0 Å². The van der Waals surface area contributed by atoms with Gasteiger partial charge in [0, 0.05) is 38.9 Å². The Morgan fingerprint density at radius 3 is 3.07 bits per heavy atom. The van der Waals surface area contributed by atoms with E-state index in [1.54, 1.807) is 6.20 Å². The van der Waals surface area contributed by atoms with Crippen molar-refractivity contribution in [2.75, 3.05) is 31.1 Å². The topological polar surface area (TPSA) is 93.4 Å². The number of nitrogens with zero attached hydrogens (tertiary/aromatic N) is 4. The van der Waals surface area contributed by atoms with Crippen molar-refractivity contribution in [3.63, 3.8) is 0 Å². The lowest BCUT2D eigenvalue weighted by molar-refractivity contribution is -0.125. The van der Waals surface area contributed by atoms with Gasteiger partial charge in [-0.1, -0.05) is 12.1 Å². The number of nitrogens with one attached hydrogen (secondary N) is 1. The van der Waals surface area contributed by atoms with E-state index in [0.717, 1.165) is 50.2 Å². The van der Waals surface area contributed by atoms with E-state index < -0.39 is 0 Å². The molecule has 2 fully saturated rings. The van der Waals surface area contributed by atoms with Gasteiger partial charge in [0.25, 0.3) is 0 Å². The van der Waals surface area contributed by atoms with Crippen LogP contribution < -0.4 is 10.2 Å². The summed E-state index contributed by atoms with van der Waals surface area (Å²) in [5.74, 6) is 2.01. The number of piperidine rings is 1. The summed E-state index contributed by atoms with van der Waals surface area (Å²) in [6.07, 6.45) is 6.56. The Labute approximate surface area is 164 Å². The van der Waals surface area contributed by atoms with Crippen LogP contribution in [0.2, 0.25) is 0 Å². The quantitative estimate of drug-likeness (QED) is 0.815. The van der Waals surface area contributed by atoms with Crippen LogP contribution in [0.15, 0.2) is 22.9 Å². The van der Waals surface area contributed by atoms with E-state index in [1.807, 2.05) is 19.1 Å². The summed E-state index contributed by atoms with van der Waals surface area (Å²) in [7, 11) is 0. The van der Waals surface area contributed by atoms with Crippen LogP contribution in [-0.2, 0) is 16.0 Å². The van der Waals surface area contributed by atoms with Gasteiger partial charge in [0.05, 0.1) is 17.6 Å². The first kappa shape index (κ1) is 18.9. The molecule has 4 rings (SSSR count). The zero-order chi connectivity index (χ0) is 19.3. The van der Waals surface area contributed by atoms with E-state index in [1.165, 1.54) is 0 Å². The second-order valence-electron chi connectivity index (χ2n) is 7.41. The van der Waals surface area contributed by atoms with Gasteiger partial charge in [-0.2, -0.15) is 4.98 Å². The molecule has 8 nitrogen and oxygen atoms in total. The van der Waals surface area contributed by atoms with Crippen LogP contribution in [-0.4, -0.2) is 53.4 Å². The number of aryl methyl sites for hydroxylation is 1. The lowest BCUT2D eigenvalue weighted by Gasteiger charge is -2.33. The van der Waals surface area contributed by atoms with E-state index in [-0.39, 0.29) is 17.9 Å². The molecule has 2 saturated heterocycles. The highest BCUT2D eigenvalue weighted by Crippen LogP contribution is 2.30. The van der Waals surface area contributed by atoms with Gasteiger partial charge >= 0.3 is 0 Å². The molecule has 2 atom stereocenters. The van der Waals surface area contributed by atoms with Crippen molar-refractivity contribution < 1.29 is 14.1 Å². The molecule has 0 aromatic carbocycles. The van der Waals surface area contributed by atoms with E-state index in [4.69, 9.17) is 9.26 Å². The smallest absolute Gasteiger partial charge is 0.226 e. The number of pyridine rings is 1. The highest BCUT2D eigenvalue weighted by atomic mass is 16.5. The minimum Gasteiger partial charge on any atom is -0.376 e.